The normalized spacial score (nSPS) is 25.7. The SMILES string of the molecule is COC(=O)[C@@]1(C)C[C@H](OC(C)=O)[C@H](NC(C)=O)[C@H]([C@@H](OC(C)=O)[C@@H](COC(C)=O)OC(C)=O)O1. The van der Waals surface area contributed by atoms with E-state index in [9.17, 15) is 28.8 Å². The van der Waals surface area contributed by atoms with Crippen molar-refractivity contribution in [3.63, 3.8) is 0 Å². The summed E-state index contributed by atoms with van der Waals surface area (Å²) in [5.41, 5.74) is -1.71. The van der Waals surface area contributed by atoms with Crippen LogP contribution >= 0.6 is 0 Å². The summed E-state index contributed by atoms with van der Waals surface area (Å²) < 4.78 is 31.8. The van der Waals surface area contributed by atoms with Gasteiger partial charge >= 0.3 is 29.8 Å². The molecule has 0 spiro atoms. The van der Waals surface area contributed by atoms with Gasteiger partial charge in [0.25, 0.3) is 0 Å². The maximum Gasteiger partial charge on any atom is 0.338 e. The highest BCUT2D eigenvalue weighted by atomic mass is 16.6. The lowest BCUT2D eigenvalue weighted by Crippen LogP contribution is -2.68. The minimum atomic E-state index is -1.71. The minimum absolute atomic E-state index is 0.213. The Balaban J connectivity index is 3.64. The van der Waals surface area contributed by atoms with Gasteiger partial charge in [0, 0.05) is 41.0 Å². The molecule has 192 valence electrons. The number of methoxy groups -OCH3 is 1. The van der Waals surface area contributed by atoms with Crippen LogP contribution in [0.15, 0.2) is 0 Å². The number of ether oxygens (including phenoxy) is 6. The Hall–Kier alpha value is -3.22. The second-order valence-corrected chi connectivity index (χ2v) is 7.91. The van der Waals surface area contributed by atoms with Gasteiger partial charge in [-0.2, -0.15) is 0 Å². The van der Waals surface area contributed by atoms with Crippen LogP contribution in [-0.2, 0) is 57.2 Å². The lowest BCUT2D eigenvalue weighted by molar-refractivity contribution is -0.238. The van der Waals surface area contributed by atoms with Crippen molar-refractivity contribution in [1.82, 2.24) is 5.32 Å². The van der Waals surface area contributed by atoms with Crippen molar-refractivity contribution in [3.8, 4) is 0 Å². The summed E-state index contributed by atoms with van der Waals surface area (Å²) in [6.07, 6.45) is -5.65. The lowest BCUT2D eigenvalue weighted by atomic mass is 9.84. The molecule has 0 aliphatic carbocycles. The number of hydrogen-bond donors (Lipinski definition) is 1. The zero-order valence-electron chi connectivity index (χ0n) is 20.2. The van der Waals surface area contributed by atoms with Crippen molar-refractivity contribution in [3.05, 3.63) is 0 Å². The Morgan fingerprint density at radius 2 is 1.53 bits per heavy atom. The molecule has 6 atom stereocenters. The van der Waals surface area contributed by atoms with Crippen LogP contribution in [0.25, 0.3) is 0 Å². The predicted octanol–water partition coefficient (Wildman–Crippen LogP) is -0.430. The van der Waals surface area contributed by atoms with Gasteiger partial charge in [-0.1, -0.05) is 0 Å². The molecule has 13 nitrogen and oxygen atoms in total. The van der Waals surface area contributed by atoms with E-state index in [-0.39, 0.29) is 6.42 Å². The van der Waals surface area contributed by atoms with E-state index in [1.807, 2.05) is 0 Å². The van der Waals surface area contributed by atoms with Crippen molar-refractivity contribution >= 4 is 35.8 Å². The molecule has 0 unspecified atom stereocenters. The van der Waals surface area contributed by atoms with Gasteiger partial charge in [-0.15, -0.1) is 0 Å². The fourth-order valence-corrected chi connectivity index (χ4v) is 3.66. The Kier molecular flexibility index (Phi) is 10.4. The molecule has 0 aromatic carbocycles. The molecule has 1 aliphatic heterocycles. The number of rotatable bonds is 9. The average Bonchev–Trinajstić information content (AvgIpc) is 2.69. The zero-order valence-corrected chi connectivity index (χ0v) is 20.2. The van der Waals surface area contributed by atoms with Crippen LogP contribution < -0.4 is 5.32 Å². The first-order valence-corrected chi connectivity index (χ1v) is 10.4. The fourth-order valence-electron chi connectivity index (χ4n) is 3.66. The van der Waals surface area contributed by atoms with Gasteiger partial charge in [-0.3, -0.25) is 24.0 Å². The van der Waals surface area contributed by atoms with Crippen LogP contribution in [0.2, 0.25) is 0 Å². The van der Waals surface area contributed by atoms with Crippen molar-refractivity contribution in [1.29, 1.82) is 0 Å². The Morgan fingerprint density at radius 1 is 0.941 bits per heavy atom. The molecule has 1 heterocycles. The Labute approximate surface area is 196 Å². The molecule has 0 bridgehead atoms. The molecule has 1 N–H and O–H groups in total. The van der Waals surface area contributed by atoms with E-state index in [0.29, 0.717) is 0 Å². The topological polar surface area (TPSA) is 170 Å². The van der Waals surface area contributed by atoms with Crippen molar-refractivity contribution in [2.75, 3.05) is 13.7 Å². The van der Waals surface area contributed by atoms with E-state index in [4.69, 9.17) is 28.4 Å². The molecule has 34 heavy (non-hydrogen) atoms. The summed E-state index contributed by atoms with van der Waals surface area (Å²) in [7, 11) is 1.12. The summed E-state index contributed by atoms with van der Waals surface area (Å²) in [6.45, 7) is 6.43. The highest BCUT2D eigenvalue weighted by molar-refractivity contribution is 5.80. The summed E-state index contributed by atoms with van der Waals surface area (Å²) in [5.74, 6) is -4.44. The summed E-state index contributed by atoms with van der Waals surface area (Å²) in [5, 5.41) is 2.58. The minimum Gasteiger partial charge on any atom is -0.467 e. The first-order valence-electron chi connectivity index (χ1n) is 10.4. The van der Waals surface area contributed by atoms with Gasteiger partial charge in [0.2, 0.25) is 5.91 Å². The van der Waals surface area contributed by atoms with Crippen LogP contribution in [0.4, 0.5) is 0 Å². The van der Waals surface area contributed by atoms with Gasteiger partial charge < -0.3 is 33.7 Å². The van der Waals surface area contributed by atoms with Crippen LogP contribution in [0.3, 0.4) is 0 Å². The molecule has 13 heteroatoms. The molecule has 0 radical (unpaired) electrons. The van der Waals surface area contributed by atoms with Crippen molar-refractivity contribution < 1.29 is 57.2 Å². The fraction of sp³-hybridized carbons (Fsp3) is 0.714. The molecule has 1 aliphatic rings. The van der Waals surface area contributed by atoms with Crippen molar-refractivity contribution in [2.24, 2.45) is 0 Å². The van der Waals surface area contributed by atoms with Gasteiger partial charge in [0.05, 0.1) is 13.2 Å². The second-order valence-electron chi connectivity index (χ2n) is 7.91. The third-order valence-corrected chi connectivity index (χ3v) is 4.81. The first-order chi connectivity index (χ1) is 15.7. The standard InChI is InChI=1S/C21H31NO12/c1-10(23)22-17-15(31-12(3)25)8-21(6,20(28)29-7)34-19(17)18(33-14(5)27)16(32-13(4)26)9-30-11(2)24/h15-19H,8-9H2,1-7H3,(H,22,23)/t15-,16+,17-,18-,19+,21+/m0/s1. The number of carbonyl (C=O) groups is 6. The van der Waals surface area contributed by atoms with Gasteiger partial charge in [0.1, 0.15) is 18.8 Å². The molecule has 0 aromatic rings. The first kappa shape index (κ1) is 28.8. The molecular formula is C21H31NO12. The average molecular weight is 489 g/mol. The Bertz CT molecular complexity index is 812. The van der Waals surface area contributed by atoms with Crippen LogP contribution in [0, 0.1) is 0 Å². The van der Waals surface area contributed by atoms with Crippen LogP contribution in [-0.4, -0.2) is 85.5 Å². The van der Waals surface area contributed by atoms with E-state index in [1.165, 1.54) is 13.8 Å². The highest BCUT2D eigenvalue weighted by Crippen LogP contribution is 2.35. The lowest BCUT2D eigenvalue weighted by Gasteiger charge is -2.47. The quantitative estimate of drug-likeness (QED) is 0.328. The maximum absolute atomic E-state index is 12.6. The van der Waals surface area contributed by atoms with Gasteiger partial charge in [0.15, 0.2) is 17.8 Å². The third kappa shape index (κ3) is 8.28. The second kappa shape index (κ2) is 12.3. The number of carbonyl (C=O) groups excluding carboxylic acids is 6. The van der Waals surface area contributed by atoms with E-state index in [2.05, 4.69) is 5.32 Å². The molecule has 1 amide bonds. The molecular weight excluding hydrogens is 458 g/mol. The highest BCUT2D eigenvalue weighted by Gasteiger charge is 2.56. The maximum atomic E-state index is 12.6. The van der Waals surface area contributed by atoms with E-state index in [0.717, 1.165) is 34.8 Å². The summed E-state index contributed by atoms with van der Waals surface area (Å²) in [6, 6.07) is -1.15. The number of esters is 5. The van der Waals surface area contributed by atoms with Crippen molar-refractivity contribution in [2.45, 2.75) is 84.0 Å². The smallest absolute Gasteiger partial charge is 0.338 e. The largest absolute Gasteiger partial charge is 0.467 e. The zero-order chi connectivity index (χ0) is 26.2. The number of nitrogens with one attached hydrogen (secondary N) is 1. The molecule has 1 saturated heterocycles. The van der Waals surface area contributed by atoms with Crippen LogP contribution in [0.1, 0.15) is 48.0 Å². The Morgan fingerprint density at radius 3 is 1.97 bits per heavy atom. The molecule has 0 aromatic heterocycles. The monoisotopic (exact) mass is 489 g/mol. The number of hydrogen-bond acceptors (Lipinski definition) is 12. The third-order valence-electron chi connectivity index (χ3n) is 4.81. The molecule has 1 fully saturated rings. The molecule has 0 saturated carbocycles. The van der Waals surface area contributed by atoms with Crippen LogP contribution in [0.5, 0.6) is 0 Å². The van der Waals surface area contributed by atoms with Gasteiger partial charge in [-0.05, 0) is 6.92 Å². The van der Waals surface area contributed by atoms with E-state index < -0.39 is 78.4 Å². The van der Waals surface area contributed by atoms with Gasteiger partial charge in [-0.25, -0.2) is 4.79 Å². The predicted molar refractivity (Wildman–Crippen MR) is 111 cm³/mol. The van der Waals surface area contributed by atoms with E-state index >= 15 is 0 Å². The molecule has 1 rings (SSSR count). The number of amides is 1. The summed E-state index contributed by atoms with van der Waals surface area (Å²) >= 11 is 0. The van der Waals surface area contributed by atoms with E-state index in [1.54, 1.807) is 0 Å². The summed E-state index contributed by atoms with van der Waals surface area (Å²) in [4.78, 5) is 71.5.